The highest BCUT2D eigenvalue weighted by atomic mass is 19.3. The zero-order valence-corrected chi connectivity index (χ0v) is 13.5. The van der Waals surface area contributed by atoms with Crippen molar-refractivity contribution >= 4 is 5.69 Å². The van der Waals surface area contributed by atoms with Crippen LogP contribution in [0.1, 0.15) is 24.0 Å². The fraction of sp³-hybridized carbons (Fsp3) is 0.333. The van der Waals surface area contributed by atoms with E-state index in [1.165, 1.54) is 12.1 Å². The smallest absolute Gasteiger partial charge is 0.387 e. The molecule has 25 heavy (non-hydrogen) atoms. The largest absolute Gasteiger partial charge is 0.434 e. The van der Waals surface area contributed by atoms with Gasteiger partial charge in [-0.1, -0.05) is 30.3 Å². The van der Waals surface area contributed by atoms with Crippen molar-refractivity contribution < 1.29 is 18.4 Å². The van der Waals surface area contributed by atoms with Crippen LogP contribution < -0.4 is 4.74 Å². The van der Waals surface area contributed by atoms with Gasteiger partial charge in [-0.2, -0.15) is 8.78 Å². The van der Waals surface area contributed by atoms with Crippen molar-refractivity contribution in [2.24, 2.45) is 0 Å². The van der Waals surface area contributed by atoms with Gasteiger partial charge in [0.1, 0.15) is 5.75 Å². The number of rotatable bonds is 8. The van der Waals surface area contributed by atoms with E-state index in [9.17, 15) is 18.9 Å². The molecule has 0 saturated heterocycles. The first-order valence-corrected chi connectivity index (χ1v) is 8.03. The maximum atomic E-state index is 12.6. The predicted octanol–water partition coefficient (Wildman–Crippen LogP) is 4.36. The van der Waals surface area contributed by atoms with E-state index < -0.39 is 11.5 Å². The monoisotopic (exact) mass is 348 g/mol. The molecule has 7 heteroatoms. The zero-order chi connectivity index (χ0) is 17.8. The molecule has 2 aromatic rings. The highest BCUT2D eigenvalue weighted by molar-refractivity contribution is 5.35. The van der Waals surface area contributed by atoms with Gasteiger partial charge in [-0.05, 0) is 24.5 Å². The van der Waals surface area contributed by atoms with Crippen molar-refractivity contribution in [3.63, 3.8) is 0 Å². The minimum absolute atomic E-state index is 0.0531. The second-order valence-electron chi connectivity index (χ2n) is 6.05. The summed E-state index contributed by atoms with van der Waals surface area (Å²) >= 11 is 0. The van der Waals surface area contributed by atoms with Crippen molar-refractivity contribution in [2.75, 3.05) is 0 Å². The van der Waals surface area contributed by atoms with Crippen molar-refractivity contribution in [3.8, 4) is 5.75 Å². The zero-order valence-electron chi connectivity index (χ0n) is 13.5. The summed E-state index contributed by atoms with van der Waals surface area (Å²) in [6.07, 6.45) is 2.12. The van der Waals surface area contributed by atoms with Gasteiger partial charge in [-0.25, -0.2) is 0 Å². The Morgan fingerprint density at radius 2 is 1.80 bits per heavy atom. The number of halogens is 2. The van der Waals surface area contributed by atoms with E-state index in [1.54, 1.807) is 36.4 Å². The summed E-state index contributed by atoms with van der Waals surface area (Å²) in [6.45, 7) is -1.76. The van der Waals surface area contributed by atoms with Crippen molar-refractivity contribution in [1.82, 2.24) is 4.90 Å². The third kappa shape index (κ3) is 4.73. The third-order valence-corrected chi connectivity index (χ3v) is 4.16. The van der Waals surface area contributed by atoms with Crippen LogP contribution in [0.5, 0.6) is 5.75 Å². The van der Waals surface area contributed by atoms with Gasteiger partial charge in [0.15, 0.2) is 0 Å². The lowest BCUT2D eigenvalue weighted by molar-refractivity contribution is -0.384. The molecule has 2 aromatic carbocycles. The van der Waals surface area contributed by atoms with Crippen LogP contribution in [-0.4, -0.2) is 22.5 Å². The van der Waals surface area contributed by atoms with E-state index in [2.05, 4.69) is 9.64 Å². The lowest BCUT2D eigenvalue weighted by atomic mass is 10.1. The topological polar surface area (TPSA) is 55.6 Å². The van der Waals surface area contributed by atoms with Crippen LogP contribution >= 0.6 is 0 Å². The van der Waals surface area contributed by atoms with Crippen LogP contribution in [0.2, 0.25) is 0 Å². The Hall–Kier alpha value is -2.54. The fourth-order valence-electron chi connectivity index (χ4n) is 2.78. The molecule has 0 aliphatic heterocycles. The van der Waals surface area contributed by atoms with E-state index in [1.807, 2.05) is 0 Å². The maximum Gasteiger partial charge on any atom is 0.387 e. The number of para-hydroxylation sites is 1. The van der Waals surface area contributed by atoms with Crippen LogP contribution in [-0.2, 0) is 13.1 Å². The van der Waals surface area contributed by atoms with E-state index in [0.29, 0.717) is 24.7 Å². The van der Waals surface area contributed by atoms with Crippen LogP contribution in [0.15, 0.2) is 48.5 Å². The minimum Gasteiger partial charge on any atom is -0.434 e. The molecule has 0 unspecified atom stereocenters. The summed E-state index contributed by atoms with van der Waals surface area (Å²) in [6, 6.07) is 13.6. The third-order valence-electron chi connectivity index (χ3n) is 4.16. The van der Waals surface area contributed by atoms with Crippen molar-refractivity contribution in [1.29, 1.82) is 0 Å². The molecule has 0 N–H and O–H groups in total. The number of benzene rings is 2. The van der Waals surface area contributed by atoms with Gasteiger partial charge in [0.2, 0.25) is 0 Å². The van der Waals surface area contributed by atoms with Crippen LogP contribution in [0.25, 0.3) is 0 Å². The molecule has 0 atom stereocenters. The Morgan fingerprint density at radius 1 is 1.12 bits per heavy atom. The van der Waals surface area contributed by atoms with Gasteiger partial charge in [-0.15, -0.1) is 0 Å². The van der Waals surface area contributed by atoms with Gasteiger partial charge in [-0.3, -0.25) is 15.0 Å². The summed E-state index contributed by atoms with van der Waals surface area (Å²) in [5.74, 6) is 0.187. The molecular formula is C18H18F2N2O3. The van der Waals surface area contributed by atoms with Gasteiger partial charge in [0, 0.05) is 36.8 Å². The van der Waals surface area contributed by atoms with Crippen LogP contribution in [0.4, 0.5) is 14.5 Å². The fourth-order valence-corrected chi connectivity index (χ4v) is 2.78. The van der Waals surface area contributed by atoms with E-state index >= 15 is 0 Å². The molecule has 1 aliphatic carbocycles. The first-order valence-electron chi connectivity index (χ1n) is 8.03. The Kier molecular flexibility index (Phi) is 5.23. The number of alkyl halides is 2. The molecule has 3 rings (SSSR count). The lowest BCUT2D eigenvalue weighted by Gasteiger charge is -2.23. The maximum absolute atomic E-state index is 12.6. The van der Waals surface area contributed by atoms with Gasteiger partial charge >= 0.3 is 6.61 Å². The number of nitrogens with zero attached hydrogens (tertiary/aromatic N) is 2. The number of nitro benzene ring substituents is 1. The molecule has 0 bridgehead atoms. The number of ether oxygens (including phenoxy) is 1. The van der Waals surface area contributed by atoms with Gasteiger partial charge in [0.25, 0.3) is 5.69 Å². The molecule has 1 aliphatic rings. The second-order valence-corrected chi connectivity index (χ2v) is 6.05. The van der Waals surface area contributed by atoms with E-state index in [0.717, 1.165) is 18.4 Å². The average molecular weight is 348 g/mol. The Bertz CT molecular complexity index is 733. The summed E-state index contributed by atoms with van der Waals surface area (Å²) in [5, 5.41) is 10.7. The number of non-ortho nitro benzene ring substituents is 1. The molecule has 0 amide bonds. The average Bonchev–Trinajstić information content (AvgIpc) is 3.41. The van der Waals surface area contributed by atoms with Crippen LogP contribution in [0.3, 0.4) is 0 Å². The first kappa shape index (κ1) is 17.3. The van der Waals surface area contributed by atoms with E-state index in [-0.39, 0.29) is 11.4 Å². The quantitative estimate of drug-likeness (QED) is 0.525. The van der Waals surface area contributed by atoms with E-state index in [4.69, 9.17) is 0 Å². The summed E-state index contributed by atoms with van der Waals surface area (Å²) in [4.78, 5) is 12.5. The molecule has 0 radical (unpaired) electrons. The minimum atomic E-state index is -2.86. The van der Waals surface area contributed by atoms with Gasteiger partial charge < -0.3 is 4.74 Å². The second kappa shape index (κ2) is 7.57. The normalized spacial score (nSPS) is 14.1. The predicted molar refractivity (Wildman–Crippen MR) is 88.4 cm³/mol. The highest BCUT2D eigenvalue weighted by Gasteiger charge is 2.29. The van der Waals surface area contributed by atoms with Crippen LogP contribution in [0, 0.1) is 10.1 Å². The molecule has 132 valence electrons. The van der Waals surface area contributed by atoms with Crippen molar-refractivity contribution in [3.05, 3.63) is 69.8 Å². The highest BCUT2D eigenvalue weighted by Crippen LogP contribution is 2.32. The molecular weight excluding hydrogens is 330 g/mol. The number of hydrogen-bond acceptors (Lipinski definition) is 4. The molecule has 0 aromatic heterocycles. The molecule has 1 fully saturated rings. The summed E-state index contributed by atoms with van der Waals surface area (Å²) in [5.41, 5.74) is 1.71. The lowest BCUT2D eigenvalue weighted by Crippen LogP contribution is -2.25. The standard InChI is InChI=1S/C18H18F2N2O3/c19-18(20)25-17-4-2-1-3-14(17)12-21(15-9-10-15)11-13-5-7-16(8-6-13)22(23)24/h1-8,15,18H,9-12H2. The Labute approximate surface area is 144 Å². The SMILES string of the molecule is O=[N+]([O-])c1ccc(CN(Cc2ccccc2OC(F)F)C2CC2)cc1. The number of hydrogen-bond donors (Lipinski definition) is 0. The first-order chi connectivity index (χ1) is 12.0. The summed E-state index contributed by atoms with van der Waals surface area (Å²) in [7, 11) is 0. The molecule has 0 spiro atoms. The molecule has 1 saturated carbocycles. The molecule has 5 nitrogen and oxygen atoms in total. The van der Waals surface area contributed by atoms with Crippen molar-refractivity contribution in [2.45, 2.75) is 38.6 Å². The Morgan fingerprint density at radius 3 is 2.40 bits per heavy atom. The number of nitro groups is 1. The summed E-state index contributed by atoms with van der Waals surface area (Å²) < 4.78 is 29.7. The van der Waals surface area contributed by atoms with Gasteiger partial charge in [0.05, 0.1) is 4.92 Å². The Balaban J connectivity index is 1.73. The molecule has 0 heterocycles.